The molecule has 3 heterocycles. The number of nitrogens with one attached hydrogen (secondary N) is 1. The van der Waals surface area contributed by atoms with Crippen LogP contribution >= 0.6 is 0 Å². The first-order valence-electron chi connectivity index (χ1n) is 9.35. The normalized spacial score (nSPS) is 23.2. The van der Waals surface area contributed by atoms with Gasteiger partial charge in [-0.05, 0) is 32.9 Å². The molecule has 0 unspecified atom stereocenters. The third kappa shape index (κ3) is 5.09. The number of urea groups is 1. The minimum Gasteiger partial charge on any atom is -0.487 e. The lowest BCUT2D eigenvalue weighted by Crippen LogP contribution is -2.55. The summed E-state index contributed by atoms with van der Waals surface area (Å²) in [5, 5.41) is 2.96. The molecular formula is C19H28N4O4. The highest BCUT2D eigenvalue weighted by Gasteiger charge is 2.43. The molecule has 3 rings (SSSR count). The number of ether oxygens (including phenoxy) is 2. The van der Waals surface area contributed by atoms with E-state index in [1.807, 2.05) is 26.8 Å². The second kappa shape index (κ2) is 8.12. The molecule has 2 fully saturated rings. The van der Waals surface area contributed by atoms with Crippen LogP contribution in [0.5, 0.6) is 5.75 Å². The molecule has 3 amide bonds. The molecule has 27 heavy (non-hydrogen) atoms. The van der Waals surface area contributed by atoms with Crippen LogP contribution < -0.4 is 10.1 Å². The molecule has 8 heteroatoms. The van der Waals surface area contributed by atoms with Crippen molar-refractivity contribution in [3.63, 3.8) is 0 Å². The molecule has 0 aliphatic carbocycles. The maximum atomic E-state index is 13.1. The zero-order valence-corrected chi connectivity index (χ0v) is 16.2. The maximum absolute atomic E-state index is 13.1. The van der Waals surface area contributed by atoms with E-state index in [0.29, 0.717) is 45.0 Å². The molecule has 0 saturated carbocycles. The van der Waals surface area contributed by atoms with Crippen LogP contribution in [0.3, 0.4) is 0 Å². The Bertz CT molecular complexity index is 655. The van der Waals surface area contributed by atoms with Gasteiger partial charge in [-0.15, -0.1) is 0 Å². The highest BCUT2D eigenvalue weighted by atomic mass is 16.5. The molecule has 0 radical (unpaired) electrons. The Labute approximate surface area is 159 Å². The molecule has 0 aromatic carbocycles. The molecule has 1 aromatic rings. The number of carbonyl (C=O) groups is 2. The van der Waals surface area contributed by atoms with E-state index in [2.05, 4.69) is 10.3 Å². The van der Waals surface area contributed by atoms with Crippen LogP contribution in [0, 0.1) is 0 Å². The van der Waals surface area contributed by atoms with E-state index in [9.17, 15) is 9.59 Å². The molecule has 0 spiro atoms. The third-order valence-corrected chi connectivity index (χ3v) is 4.55. The van der Waals surface area contributed by atoms with E-state index >= 15 is 0 Å². The van der Waals surface area contributed by atoms with E-state index in [1.165, 1.54) is 0 Å². The molecule has 2 saturated heterocycles. The summed E-state index contributed by atoms with van der Waals surface area (Å²) in [6, 6.07) is 2.84. The molecular weight excluding hydrogens is 348 g/mol. The summed E-state index contributed by atoms with van der Waals surface area (Å²) in [5.74, 6) is 0.595. The van der Waals surface area contributed by atoms with Crippen molar-refractivity contribution >= 4 is 11.9 Å². The van der Waals surface area contributed by atoms with Gasteiger partial charge in [-0.1, -0.05) is 0 Å². The molecule has 2 atom stereocenters. The fourth-order valence-corrected chi connectivity index (χ4v) is 3.34. The first-order valence-corrected chi connectivity index (χ1v) is 9.35. The molecule has 1 aromatic heterocycles. The zero-order chi connectivity index (χ0) is 19.4. The van der Waals surface area contributed by atoms with Crippen molar-refractivity contribution in [2.45, 2.75) is 44.9 Å². The van der Waals surface area contributed by atoms with Gasteiger partial charge in [-0.3, -0.25) is 9.78 Å². The van der Waals surface area contributed by atoms with Crippen molar-refractivity contribution in [2.75, 3.05) is 32.8 Å². The van der Waals surface area contributed by atoms with Gasteiger partial charge in [-0.2, -0.15) is 0 Å². The number of carbonyl (C=O) groups excluding carboxylic acids is 2. The van der Waals surface area contributed by atoms with Crippen LogP contribution in [0.1, 0.15) is 27.2 Å². The summed E-state index contributed by atoms with van der Waals surface area (Å²) in [6.45, 7) is 8.29. The summed E-state index contributed by atoms with van der Waals surface area (Å²) in [6.07, 6.45) is 3.52. The van der Waals surface area contributed by atoms with Crippen LogP contribution in [0.25, 0.3) is 0 Å². The first-order chi connectivity index (χ1) is 12.8. The molecule has 2 aliphatic heterocycles. The van der Waals surface area contributed by atoms with Gasteiger partial charge in [-0.25, -0.2) is 4.79 Å². The second-order valence-electron chi connectivity index (χ2n) is 7.95. The lowest BCUT2D eigenvalue weighted by Gasteiger charge is -2.33. The summed E-state index contributed by atoms with van der Waals surface area (Å²) < 4.78 is 11.3. The van der Waals surface area contributed by atoms with E-state index in [0.717, 1.165) is 0 Å². The standard InChI is InChI=1S/C19H28N4O4/c1-19(2,3)21-18(25)23-13-15(27-14-5-4-6-20-12-14)11-16(23)17(24)22-7-9-26-10-8-22/h4-6,12,15-16H,7-11,13H2,1-3H3,(H,21,25)/t15-,16-/m0/s1. The Morgan fingerprint density at radius 3 is 2.67 bits per heavy atom. The van der Waals surface area contributed by atoms with Gasteiger partial charge in [0.2, 0.25) is 5.91 Å². The Kier molecular flexibility index (Phi) is 5.84. The Morgan fingerprint density at radius 2 is 2.04 bits per heavy atom. The maximum Gasteiger partial charge on any atom is 0.318 e. The highest BCUT2D eigenvalue weighted by Crippen LogP contribution is 2.25. The van der Waals surface area contributed by atoms with E-state index in [4.69, 9.17) is 9.47 Å². The van der Waals surface area contributed by atoms with Crippen molar-refractivity contribution in [1.29, 1.82) is 0 Å². The number of pyridine rings is 1. The van der Waals surface area contributed by atoms with Crippen molar-refractivity contribution in [2.24, 2.45) is 0 Å². The molecule has 1 N–H and O–H groups in total. The minimum atomic E-state index is -0.535. The van der Waals surface area contributed by atoms with Crippen LogP contribution in [0.15, 0.2) is 24.5 Å². The van der Waals surface area contributed by atoms with E-state index < -0.39 is 6.04 Å². The predicted octanol–water partition coefficient (Wildman–Crippen LogP) is 1.27. The Hall–Kier alpha value is -2.35. The highest BCUT2D eigenvalue weighted by molar-refractivity contribution is 5.88. The fourth-order valence-electron chi connectivity index (χ4n) is 3.34. The van der Waals surface area contributed by atoms with Crippen molar-refractivity contribution in [1.82, 2.24) is 20.1 Å². The zero-order valence-electron chi connectivity index (χ0n) is 16.2. The smallest absolute Gasteiger partial charge is 0.318 e. The lowest BCUT2D eigenvalue weighted by atomic mass is 10.1. The van der Waals surface area contributed by atoms with Crippen LogP contribution in [0.4, 0.5) is 4.79 Å². The van der Waals surface area contributed by atoms with Gasteiger partial charge in [0, 0.05) is 31.2 Å². The number of morpholine rings is 1. The van der Waals surface area contributed by atoms with Gasteiger partial charge in [0.25, 0.3) is 0 Å². The second-order valence-corrected chi connectivity index (χ2v) is 7.95. The molecule has 2 aliphatic rings. The van der Waals surface area contributed by atoms with Crippen LogP contribution in [-0.2, 0) is 9.53 Å². The van der Waals surface area contributed by atoms with Gasteiger partial charge >= 0.3 is 6.03 Å². The summed E-state index contributed by atoms with van der Waals surface area (Å²) in [5.41, 5.74) is -0.383. The molecule has 0 bridgehead atoms. The predicted molar refractivity (Wildman–Crippen MR) is 99.4 cm³/mol. The summed E-state index contributed by atoms with van der Waals surface area (Å²) in [4.78, 5) is 33.3. The average Bonchev–Trinajstić information content (AvgIpc) is 3.05. The van der Waals surface area contributed by atoms with Crippen molar-refractivity contribution < 1.29 is 19.1 Å². The number of hydrogen-bond donors (Lipinski definition) is 1. The number of hydrogen-bond acceptors (Lipinski definition) is 5. The molecule has 8 nitrogen and oxygen atoms in total. The largest absolute Gasteiger partial charge is 0.487 e. The number of likely N-dealkylation sites (tertiary alicyclic amines) is 1. The Morgan fingerprint density at radius 1 is 1.30 bits per heavy atom. The first kappa shape index (κ1) is 19.4. The van der Waals surface area contributed by atoms with Gasteiger partial charge in [0.05, 0.1) is 26.0 Å². The summed E-state index contributed by atoms with van der Waals surface area (Å²) in [7, 11) is 0. The topological polar surface area (TPSA) is 84.0 Å². The fraction of sp³-hybridized carbons (Fsp3) is 0.632. The SMILES string of the molecule is CC(C)(C)NC(=O)N1C[C@@H](Oc2cccnc2)C[C@H]1C(=O)N1CCOCC1. The number of nitrogens with zero attached hydrogens (tertiary/aromatic N) is 3. The summed E-state index contributed by atoms with van der Waals surface area (Å²) >= 11 is 0. The average molecular weight is 376 g/mol. The quantitative estimate of drug-likeness (QED) is 0.859. The van der Waals surface area contributed by atoms with Gasteiger partial charge in [0.1, 0.15) is 17.9 Å². The minimum absolute atomic E-state index is 0.0420. The van der Waals surface area contributed by atoms with Crippen molar-refractivity contribution in [3.8, 4) is 5.75 Å². The molecule has 148 valence electrons. The van der Waals surface area contributed by atoms with Crippen molar-refractivity contribution in [3.05, 3.63) is 24.5 Å². The van der Waals surface area contributed by atoms with Gasteiger partial charge < -0.3 is 24.6 Å². The number of amides is 3. The third-order valence-electron chi connectivity index (χ3n) is 4.55. The number of rotatable bonds is 3. The van der Waals surface area contributed by atoms with E-state index in [1.54, 1.807) is 28.3 Å². The van der Waals surface area contributed by atoms with Crippen LogP contribution in [0.2, 0.25) is 0 Å². The van der Waals surface area contributed by atoms with E-state index in [-0.39, 0.29) is 23.6 Å². The monoisotopic (exact) mass is 376 g/mol. The number of aromatic nitrogens is 1. The van der Waals surface area contributed by atoms with Crippen LogP contribution in [-0.4, -0.2) is 77.3 Å². The lowest BCUT2D eigenvalue weighted by molar-refractivity contribution is -0.139. The van der Waals surface area contributed by atoms with Gasteiger partial charge in [0.15, 0.2) is 0 Å². The Balaban J connectivity index is 1.74.